The van der Waals surface area contributed by atoms with E-state index in [2.05, 4.69) is 5.32 Å². The monoisotopic (exact) mass is 211 g/mol. The summed E-state index contributed by atoms with van der Waals surface area (Å²) in [5.74, 6) is -0.280. The first-order valence-corrected chi connectivity index (χ1v) is 4.85. The van der Waals surface area contributed by atoms with Crippen molar-refractivity contribution in [1.82, 2.24) is 5.32 Å². The van der Waals surface area contributed by atoms with Crippen molar-refractivity contribution >= 4 is 5.97 Å². The summed E-state index contributed by atoms with van der Waals surface area (Å²) in [4.78, 5) is 11.4. The van der Waals surface area contributed by atoms with Crippen molar-refractivity contribution in [1.29, 1.82) is 0 Å². The molecule has 84 valence electrons. The van der Waals surface area contributed by atoms with Crippen molar-refractivity contribution in [3.8, 4) is 0 Å². The van der Waals surface area contributed by atoms with Crippen molar-refractivity contribution in [3.63, 3.8) is 0 Å². The number of nitrogens with one attached hydrogen (secondary N) is 1. The Kier molecular flexibility index (Phi) is 3.52. The van der Waals surface area contributed by atoms with Gasteiger partial charge in [0.1, 0.15) is 5.54 Å². The van der Waals surface area contributed by atoms with Crippen LogP contribution in [-0.4, -0.2) is 18.6 Å². The minimum Gasteiger partial charge on any atom is -0.472 e. The molecule has 0 saturated carbocycles. The molecule has 1 atom stereocenters. The molecule has 0 bridgehead atoms. The standard InChI is InChI=1S/C11H17NO3/c1-8(9-5-6-15-7-9)12-11(2,3)10(13)14-4/h5-8,12H,1-4H3. The quantitative estimate of drug-likeness (QED) is 0.772. The van der Waals surface area contributed by atoms with Gasteiger partial charge in [0.05, 0.1) is 19.6 Å². The van der Waals surface area contributed by atoms with Crippen molar-refractivity contribution in [2.24, 2.45) is 0 Å². The number of ether oxygens (including phenoxy) is 1. The topological polar surface area (TPSA) is 51.5 Å². The summed E-state index contributed by atoms with van der Waals surface area (Å²) in [7, 11) is 1.38. The molecule has 15 heavy (non-hydrogen) atoms. The molecule has 4 heteroatoms. The first-order chi connectivity index (χ1) is 6.97. The lowest BCUT2D eigenvalue weighted by Crippen LogP contribution is -2.48. The number of carbonyl (C=O) groups excluding carboxylic acids is 1. The normalized spacial score (nSPS) is 13.6. The third kappa shape index (κ3) is 2.83. The molecule has 0 aliphatic carbocycles. The van der Waals surface area contributed by atoms with Crippen LogP contribution >= 0.6 is 0 Å². The van der Waals surface area contributed by atoms with Crippen LogP contribution in [0.25, 0.3) is 0 Å². The van der Waals surface area contributed by atoms with E-state index in [1.54, 1.807) is 26.4 Å². The van der Waals surface area contributed by atoms with E-state index in [9.17, 15) is 4.79 Å². The Balaban J connectivity index is 2.65. The van der Waals surface area contributed by atoms with Gasteiger partial charge in [0.2, 0.25) is 0 Å². The first-order valence-electron chi connectivity index (χ1n) is 4.85. The summed E-state index contributed by atoms with van der Waals surface area (Å²) in [6, 6.07) is 1.91. The molecule has 1 heterocycles. The van der Waals surface area contributed by atoms with Gasteiger partial charge in [0, 0.05) is 11.6 Å². The van der Waals surface area contributed by atoms with Gasteiger partial charge >= 0.3 is 5.97 Å². The zero-order chi connectivity index (χ0) is 11.5. The van der Waals surface area contributed by atoms with Crippen LogP contribution in [0.5, 0.6) is 0 Å². The van der Waals surface area contributed by atoms with Crippen molar-refractivity contribution in [2.45, 2.75) is 32.4 Å². The highest BCUT2D eigenvalue weighted by Crippen LogP contribution is 2.17. The van der Waals surface area contributed by atoms with Gasteiger partial charge in [-0.15, -0.1) is 0 Å². The third-order valence-electron chi connectivity index (χ3n) is 2.32. The summed E-state index contributed by atoms with van der Waals surface area (Å²) in [5, 5.41) is 3.17. The van der Waals surface area contributed by atoms with Gasteiger partial charge in [-0.3, -0.25) is 10.1 Å². The van der Waals surface area contributed by atoms with Crippen molar-refractivity contribution < 1.29 is 13.9 Å². The van der Waals surface area contributed by atoms with E-state index in [-0.39, 0.29) is 12.0 Å². The van der Waals surface area contributed by atoms with Gasteiger partial charge in [-0.05, 0) is 26.8 Å². The van der Waals surface area contributed by atoms with Crippen LogP contribution < -0.4 is 5.32 Å². The number of methoxy groups -OCH3 is 1. The minimum absolute atomic E-state index is 0.0397. The average molecular weight is 211 g/mol. The summed E-state index contributed by atoms with van der Waals surface area (Å²) in [6.07, 6.45) is 3.27. The number of carbonyl (C=O) groups is 1. The molecule has 4 nitrogen and oxygen atoms in total. The van der Waals surface area contributed by atoms with E-state index in [1.807, 2.05) is 13.0 Å². The zero-order valence-electron chi connectivity index (χ0n) is 9.53. The van der Waals surface area contributed by atoms with E-state index in [0.717, 1.165) is 5.56 Å². The number of hydrogen-bond donors (Lipinski definition) is 1. The van der Waals surface area contributed by atoms with Crippen LogP contribution in [0.15, 0.2) is 23.0 Å². The molecule has 0 aliphatic rings. The zero-order valence-corrected chi connectivity index (χ0v) is 9.53. The maximum atomic E-state index is 11.4. The minimum atomic E-state index is -0.703. The highest BCUT2D eigenvalue weighted by atomic mass is 16.5. The van der Waals surface area contributed by atoms with E-state index in [0.29, 0.717) is 0 Å². The molecule has 0 aliphatic heterocycles. The van der Waals surface area contributed by atoms with Crippen LogP contribution in [-0.2, 0) is 9.53 Å². The SMILES string of the molecule is COC(=O)C(C)(C)NC(C)c1ccoc1. The number of furan rings is 1. The Morgan fingerprint density at radius 3 is 2.73 bits per heavy atom. The summed E-state index contributed by atoms with van der Waals surface area (Å²) >= 11 is 0. The average Bonchev–Trinajstić information content (AvgIpc) is 2.68. The molecule has 0 fully saturated rings. The second-order valence-electron chi connectivity index (χ2n) is 4.04. The first kappa shape index (κ1) is 11.8. The Labute approximate surface area is 89.6 Å². The van der Waals surface area contributed by atoms with E-state index in [1.165, 1.54) is 7.11 Å². The maximum Gasteiger partial charge on any atom is 0.325 e. The van der Waals surface area contributed by atoms with Crippen LogP contribution in [0, 0.1) is 0 Å². The maximum absolute atomic E-state index is 11.4. The third-order valence-corrected chi connectivity index (χ3v) is 2.32. The smallest absolute Gasteiger partial charge is 0.325 e. The van der Waals surface area contributed by atoms with Gasteiger partial charge in [0.15, 0.2) is 0 Å². The van der Waals surface area contributed by atoms with E-state index >= 15 is 0 Å². The van der Waals surface area contributed by atoms with Gasteiger partial charge in [-0.25, -0.2) is 0 Å². The number of hydrogen-bond acceptors (Lipinski definition) is 4. The lowest BCUT2D eigenvalue weighted by Gasteiger charge is -2.26. The van der Waals surface area contributed by atoms with E-state index in [4.69, 9.17) is 9.15 Å². The lowest BCUT2D eigenvalue weighted by molar-refractivity contribution is -0.147. The van der Waals surface area contributed by atoms with Gasteiger partial charge < -0.3 is 9.15 Å². The predicted octanol–water partition coefficient (Wildman–Crippen LogP) is 1.88. The molecule has 0 amide bonds. The molecule has 1 rings (SSSR count). The molecule has 1 N–H and O–H groups in total. The van der Waals surface area contributed by atoms with Gasteiger partial charge in [-0.1, -0.05) is 0 Å². The Morgan fingerprint density at radius 2 is 2.27 bits per heavy atom. The van der Waals surface area contributed by atoms with Gasteiger partial charge in [-0.2, -0.15) is 0 Å². The summed E-state index contributed by atoms with van der Waals surface area (Å²) in [5.41, 5.74) is 0.304. The number of rotatable bonds is 4. The largest absolute Gasteiger partial charge is 0.472 e. The Bertz CT molecular complexity index is 317. The lowest BCUT2D eigenvalue weighted by atomic mass is 10.0. The second-order valence-corrected chi connectivity index (χ2v) is 4.04. The molecule has 0 radical (unpaired) electrons. The van der Waals surface area contributed by atoms with Crippen molar-refractivity contribution in [2.75, 3.05) is 7.11 Å². The van der Waals surface area contributed by atoms with Crippen LogP contribution in [0.3, 0.4) is 0 Å². The van der Waals surface area contributed by atoms with Crippen molar-refractivity contribution in [3.05, 3.63) is 24.2 Å². The highest BCUT2D eigenvalue weighted by molar-refractivity contribution is 5.79. The predicted molar refractivity (Wildman–Crippen MR) is 56.4 cm³/mol. The van der Waals surface area contributed by atoms with Crippen LogP contribution in [0.4, 0.5) is 0 Å². The van der Waals surface area contributed by atoms with E-state index < -0.39 is 5.54 Å². The van der Waals surface area contributed by atoms with Crippen LogP contribution in [0.2, 0.25) is 0 Å². The molecule has 0 spiro atoms. The Morgan fingerprint density at radius 1 is 1.60 bits per heavy atom. The summed E-state index contributed by atoms with van der Waals surface area (Å²) in [6.45, 7) is 5.54. The molecule has 1 aromatic heterocycles. The fourth-order valence-electron chi connectivity index (χ4n) is 1.46. The molecular weight excluding hydrogens is 194 g/mol. The fourth-order valence-corrected chi connectivity index (χ4v) is 1.46. The molecule has 0 saturated heterocycles. The molecule has 1 aromatic rings. The summed E-state index contributed by atoms with van der Waals surface area (Å²) < 4.78 is 9.69. The molecule has 1 unspecified atom stereocenters. The highest BCUT2D eigenvalue weighted by Gasteiger charge is 2.30. The molecular formula is C11H17NO3. The van der Waals surface area contributed by atoms with Crippen LogP contribution in [0.1, 0.15) is 32.4 Å². The second kappa shape index (κ2) is 4.49. The van der Waals surface area contributed by atoms with Gasteiger partial charge in [0.25, 0.3) is 0 Å². The molecule has 0 aromatic carbocycles. The number of esters is 1. The fraction of sp³-hybridized carbons (Fsp3) is 0.545. The Hall–Kier alpha value is -1.29.